The van der Waals surface area contributed by atoms with Gasteiger partial charge in [0.25, 0.3) is 0 Å². The molecule has 2 rings (SSSR count). The number of rotatable bonds is 4. The number of likely N-dealkylation sites (tertiary alicyclic amines) is 1. The second-order valence-electron chi connectivity index (χ2n) is 5.00. The molecule has 0 radical (unpaired) electrons. The maximum absolute atomic E-state index is 5.78. The van der Waals surface area contributed by atoms with Crippen molar-refractivity contribution >= 4 is 11.6 Å². The minimum Gasteiger partial charge on any atom is -0.299 e. The molecule has 0 N–H and O–H groups in total. The molecule has 0 aliphatic carbocycles. The average Bonchev–Trinajstić information content (AvgIpc) is 2.35. The van der Waals surface area contributed by atoms with E-state index in [1.807, 2.05) is 12.3 Å². The Morgan fingerprint density at radius 1 is 1.35 bits per heavy atom. The topological polar surface area (TPSA) is 16.1 Å². The summed E-state index contributed by atoms with van der Waals surface area (Å²) in [7, 11) is 0. The summed E-state index contributed by atoms with van der Waals surface area (Å²) in [6.07, 6.45) is 7.33. The second kappa shape index (κ2) is 6.36. The van der Waals surface area contributed by atoms with Crippen molar-refractivity contribution in [2.75, 3.05) is 13.1 Å². The Kier molecular flexibility index (Phi) is 4.81. The van der Waals surface area contributed by atoms with Gasteiger partial charge in [0, 0.05) is 12.7 Å². The molecule has 17 heavy (non-hydrogen) atoms. The van der Waals surface area contributed by atoms with Crippen LogP contribution in [0.1, 0.15) is 38.2 Å². The van der Waals surface area contributed by atoms with E-state index in [2.05, 4.69) is 22.9 Å². The normalized spacial score (nSPS) is 18.5. The summed E-state index contributed by atoms with van der Waals surface area (Å²) in [6.45, 7) is 5.76. The highest BCUT2D eigenvalue weighted by molar-refractivity contribution is 6.29. The molecule has 0 amide bonds. The van der Waals surface area contributed by atoms with E-state index in [4.69, 9.17) is 11.6 Å². The lowest BCUT2D eigenvalue weighted by atomic mass is 9.92. The lowest BCUT2D eigenvalue weighted by molar-refractivity contribution is 0.171. The monoisotopic (exact) mass is 252 g/mol. The molecule has 0 bridgehead atoms. The van der Waals surface area contributed by atoms with Crippen LogP contribution < -0.4 is 0 Å². The van der Waals surface area contributed by atoms with Gasteiger partial charge in [0.2, 0.25) is 0 Å². The van der Waals surface area contributed by atoms with Gasteiger partial charge in [-0.15, -0.1) is 0 Å². The fourth-order valence-corrected chi connectivity index (χ4v) is 2.71. The van der Waals surface area contributed by atoms with Gasteiger partial charge in [0.05, 0.1) is 0 Å². The Morgan fingerprint density at radius 2 is 2.12 bits per heavy atom. The van der Waals surface area contributed by atoms with Crippen molar-refractivity contribution in [2.45, 2.75) is 39.2 Å². The van der Waals surface area contributed by atoms with Crippen LogP contribution in [0.3, 0.4) is 0 Å². The molecular formula is C14H21ClN2. The number of hydrogen-bond acceptors (Lipinski definition) is 2. The standard InChI is InChI=1S/C14H21ClN2/c1-2-3-12-6-8-17(9-7-12)11-13-4-5-14(15)16-10-13/h4-5,10,12H,2-3,6-9,11H2,1H3. The zero-order valence-corrected chi connectivity index (χ0v) is 11.3. The van der Waals surface area contributed by atoms with Crippen LogP contribution in [0, 0.1) is 5.92 Å². The van der Waals surface area contributed by atoms with Crippen LogP contribution in [0.25, 0.3) is 0 Å². The predicted molar refractivity (Wildman–Crippen MR) is 72.2 cm³/mol. The number of piperidine rings is 1. The van der Waals surface area contributed by atoms with Crippen molar-refractivity contribution in [1.82, 2.24) is 9.88 Å². The Bertz CT molecular complexity index is 329. The Hall–Kier alpha value is -0.600. The molecule has 2 heterocycles. The van der Waals surface area contributed by atoms with Crippen molar-refractivity contribution in [2.24, 2.45) is 5.92 Å². The van der Waals surface area contributed by atoms with Crippen molar-refractivity contribution in [3.8, 4) is 0 Å². The molecule has 0 atom stereocenters. The summed E-state index contributed by atoms with van der Waals surface area (Å²) in [5.41, 5.74) is 1.27. The molecule has 1 fully saturated rings. The average molecular weight is 253 g/mol. The summed E-state index contributed by atoms with van der Waals surface area (Å²) in [6, 6.07) is 3.95. The summed E-state index contributed by atoms with van der Waals surface area (Å²) in [4.78, 5) is 6.65. The Balaban J connectivity index is 1.79. The fraction of sp³-hybridized carbons (Fsp3) is 0.643. The van der Waals surface area contributed by atoms with E-state index in [1.54, 1.807) is 0 Å². The third-order valence-electron chi connectivity index (χ3n) is 3.60. The second-order valence-corrected chi connectivity index (χ2v) is 5.38. The zero-order valence-electron chi connectivity index (χ0n) is 10.5. The maximum atomic E-state index is 5.78. The minimum absolute atomic E-state index is 0.579. The molecule has 3 heteroatoms. The molecule has 0 aromatic carbocycles. The first-order valence-electron chi connectivity index (χ1n) is 6.60. The van der Waals surface area contributed by atoms with Crippen molar-refractivity contribution in [1.29, 1.82) is 0 Å². The number of halogens is 1. The summed E-state index contributed by atoms with van der Waals surface area (Å²) >= 11 is 5.78. The van der Waals surface area contributed by atoms with E-state index in [0.29, 0.717) is 5.15 Å². The smallest absolute Gasteiger partial charge is 0.129 e. The van der Waals surface area contributed by atoms with Crippen LogP contribution >= 0.6 is 11.6 Å². The van der Waals surface area contributed by atoms with Gasteiger partial charge in [-0.05, 0) is 43.5 Å². The molecule has 0 spiro atoms. The van der Waals surface area contributed by atoms with Crippen LogP contribution in [0.2, 0.25) is 5.15 Å². The Labute approximate surface area is 109 Å². The highest BCUT2D eigenvalue weighted by atomic mass is 35.5. The van der Waals surface area contributed by atoms with Crippen molar-refractivity contribution in [3.05, 3.63) is 29.0 Å². The lowest BCUT2D eigenvalue weighted by Crippen LogP contribution is -2.33. The van der Waals surface area contributed by atoms with Gasteiger partial charge >= 0.3 is 0 Å². The molecule has 1 aromatic heterocycles. The maximum Gasteiger partial charge on any atom is 0.129 e. The van der Waals surface area contributed by atoms with E-state index < -0.39 is 0 Å². The van der Waals surface area contributed by atoms with Gasteiger partial charge in [-0.3, -0.25) is 4.90 Å². The van der Waals surface area contributed by atoms with Crippen LogP contribution in [0.5, 0.6) is 0 Å². The predicted octanol–water partition coefficient (Wildman–Crippen LogP) is 3.75. The molecule has 1 aliphatic heterocycles. The van der Waals surface area contributed by atoms with Gasteiger partial charge in [-0.1, -0.05) is 37.4 Å². The van der Waals surface area contributed by atoms with Crippen molar-refractivity contribution in [3.63, 3.8) is 0 Å². The number of hydrogen-bond donors (Lipinski definition) is 0. The number of pyridine rings is 1. The van der Waals surface area contributed by atoms with E-state index >= 15 is 0 Å². The molecule has 2 nitrogen and oxygen atoms in total. The fourth-order valence-electron chi connectivity index (χ4n) is 2.60. The summed E-state index contributed by atoms with van der Waals surface area (Å²) in [5, 5.41) is 0.579. The first-order valence-corrected chi connectivity index (χ1v) is 6.98. The summed E-state index contributed by atoms with van der Waals surface area (Å²) < 4.78 is 0. The SMILES string of the molecule is CCCC1CCN(Cc2ccc(Cl)nc2)CC1. The Morgan fingerprint density at radius 3 is 2.71 bits per heavy atom. The minimum atomic E-state index is 0.579. The van der Waals surface area contributed by atoms with Gasteiger partial charge in [-0.25, -0.2) is 4.98 Å². The van der Waals surface area contributed by atoms with E-state index in [9.17, 15) is 0 Å². The highest BCUT2D eigenvalue weighted by Crippen LogP contribution is 2.22. The first-order chi connectivity index (χ1) is 8.28. The summed E-state index contributed by atoms with van der Waals surface area (Å²) in [5.74, 6) is 0.958. The van der Waals surface area contributed by atoms with Gasteiger partial charge in [-0.2, -0.15) is 0 Å². The number of aromatic nitrogens is 1. The molecule has 0 unspecified atom stereocenters. The molecule has 1 aromatic rings. The van der Waals surface area contributed by atoms with E-state index in [-0.39, 0.29) is 0 Å². The van der Waals surface area contributed by atoms with Crippen LogP contribution in [0.15, 0.2) is 18.3 Å². The third-order valence-corrected chi connectivity index (χ3v) is 3.82. The zero-order chi connectivity index (χ0) is 12.1. The largest absolute Gasteiger partial charge is 0.299 e. The van der Waals surface area contributed by atoms with Gasteiger partial charge in [0.1, 0.15) is 5.15 Å². The lowest BCUT2D eigenvalue weighted by Gasteiger charge is -2.31. The van der Waals surface area contributed by atoms with E-state index in [1.165, 1.54) is 44.3 Å². The molecule has 1 aliphatic rings. The molecular weight excluding hydrogens is 232 g/mol. The highest BCUT2D eigenvalue weighted by Gasteiger charge is 2.18. The quantitative estimate of drug-likeness (QED) is 0.759. The molecule has 94 valence electrons. The first kappa shape index (κ1) is 12.8. The van der Waals surface area contributed by atoms with Gasteiger partial charge in [0.15, 0.2) is 0 Å². The number of nitrogens with zero attached hydrogens (tertiary/aromatic N) is 2. The van der Waals surface area contributed by atoms with E-state index in [0.717, 1.165) is 12.5 Å². The van der Waals surface area contributed by atoms with Crippen LogP contribution in [-0.2, 0) is 6.54 Å². The molecule has 0 saturated carbocycles. The third kappa shape index (κ3) is 3.97. The molecule has 1 saturated heterocycles. The van der Waals surface area contributed by atoms with Gasteiger partial charge < -0.3 is 0 Å². The van der Waals surface area contributed by atoms with Crippen LogP contribution in [-0.4, -0.2) is 23.0 Å². The van der Waals surface area contributed by atoms with Crippen LogP contribution in [0.4, 0.5) is 0 Å². The van der Waals surface area contributed by atoms with Crippen molar-refractivity contribution < 1.29 is 0 Å².